The lowest BCUT2D eigenvalue weighted by Crippen LogP contribution is -2.48. The van der Waals surface area contributed by atoms with Crippen LogP contribution in [0, 0.1) is 17.8 Å². The second-order valence-electron chi connectivity index (χ2n) is 8.15. The average Bonchev–Trinajstić information content (AvgIpc) is 3.23. The number of hydrogen-bond donors (Lipinski definition) is 1. The van der Waals surface area contributed by atoms with Crippen molar-refractivity contribution >= 4 is 22.4 Å². The Morgan fingerprint density at radius 1 is 1.24 bits per heavy atom. The molecule has 7 heteroatoms. The lowest BCUT2D eigenvalue weighted by molar-refractivity contribution is -0.00555. The number of hydrogen-bond acceptors (Lipinski definition) is 5. The summed E-state index contributed by atoms with van der Waals surface area (Å²) in [5, 5.41) is 17.6. The topological polar surface area (TPSA) is 72.7 Å². The van der Waals surface area contributed by atoms with Gasteiger partial charge in [0.1, 0.15) is 5.01 Å². The first kappa shape index (κ1) is 15.5. The summed E-state index contributed by atoms with van der Waals surface area (Å²) in [5.41, 5.74) is 0.802. The van der Waals surface area contributed by atoms with Crippen LogP contribution in [0.2, 0.25) is 0 Å². The van der Waals surface area contributed by atoms with Gasteiger partial charge in [0, 0.05) is 18.2 Å². The molecule has 0 radical (unpaired) electrons. The van der Waals surface area contributed by atoms with E-state index < -0.39 is 0 Å². The summed E-state index contributed by atoms with van der Waals surface area (Å²) in [5.74, 6) is 2.49. The average molecular weight is 357 g/mol. The molecule has 4 saturated carbocycles. The molecule has 25 heavy (non-hydrogen) atoms. The fraction of sp³-hybridized carbons (Fsp3) is 0.667. The number of aryl methyl sites for hydroxylation is 1. The van der Waals surface area contributed by atoms with Crippen LogP contribution in [0.25, 0.3) is 0 Å². The number of amides is 1. The minimum Gasteiger partial charge on any atom is -0.296 e. The van der Waals surface area contributed by atoms with Crippen LogP contribution in [-0.4, -0.2) is 25.9 Å². The highest BCUT2D eigenvalue weighted by atomic mass is 32.1. The van der Waals surface area contributed by atoms with E-state index in [1.54, 1.807) is 28.4 Å². The Hall–Kier alpha value is -1.76. The largest absolute Gasteiger partial charge is 0.296 e. The zero-order valence-electron chi connectivity index (χ0n) is 14.4. The fourth-order valence-corrected chi connectivity index (χ4v) is 6.64. The zero-order valence-corrected chi connectivity index (χ0v) is 15.3. The van der Waals surface area contributed by atoms with Crippen molar-refractivity contribution in [2.45, 2.75) is 57.4 Å². The third kappa shape index (κ3) is 2.60. The molecule has 0 unspecified atom stereocenters. The van der Waals surface area contributed by atoms with Gasteiger partial charge in [0.2, 0.25) is 5.13 Å². The zero-order chi connectivity index (χ0) is 17.0. The smallest absolute Gasteiger partial charge is 0.260 e. The molecule has 4 fully saturated rings. The number of nitrogens with one attached hydrogen (secondary N) is 1. The molecule has 4 aliphatic rings. The number of anilines is 1. The summed E-state index contributed by atoms with van der Waals surface area (Å²) in [6.45, 7) is 2.75. The normalized spacial score (nSPS) is 32.9. The molecular weight excluding hydrogens is 334 g/mol. The van der Waals surface area contributed by atoms with Gasteiger partial charge in [-0.25, -0.2) is 0 Å². The number of aromatic nitrogens is 4. The van der Waals surface area contributed by atoms with E-state index in [0.29, 0.717) is 10.7 Å². The number of carbonyl (C=O) groups is 1. The number of rotatable bonds is 4. The van der Waals surface area contributed by atoms with E-state index in [1.165, 1.54) is 38.5 Å². The van der Waals surface area contributed by atoms with Gasteiger partial charge >= 0.3 is 0 Å². The first-order valence-corrected chi connectivity index (χ1v) is 10.1. The Kier molecular flexibility index (Phi) is 3.48. The highest BCUT2D eigenvalue weighted by Gasteiger charge is 2.53. The van der Waals surface area contributed by atoms with Crippen LogP contribution in [0.3, 0.4) is 0 Å². The van der Waals surface area contributed by atoms with E-state index in [-0.39, 0.29) is 11.3 Å². The molecule has 0 aliphatic heterocycles. The molecule has 0 aromatic carbocycles. The summed E-state index contributed by atoms with van der Waals surface area (Å²) in [6, 6.07) is 0. The van der Waals surface area contributed by atoms with Gasteiger partial charge in [-0.05, 0) is 63.2 Å². The second kappa shape index (κ2) is 5.62. The predicted octanol–water partition coefficient (Wildman–Crippen LogP) is 3.47. The van der Waals surface area contributed by atoms with Crippen molar-refractivity contribution in [3.8, 4) is 0 Å². The van der Waals surface area contributed by atoms with Crippen molar-refractivity contribution in [1.29, 1.82) is 0 Å². The quantitative estimate of drug-likeness (QED) is 0.909. The maximum absolute atomic E-state index is 12.4. The standard InChI is InChI=1S/C18H23N5OS/c1-2-23-10-14(9-19-23)15(24)20-17-22-21-16(25-17)18-6-11-3-12(7-18)5-13(4-11)8-18/h9-13H,2-8H2,1H3,(H,20,22,24). The van der Waals surface area contributed by atoms with Crippen LogP contribution in [0.5, 0.6) is 0 Å². The maximum Gasteiger partial charge on any atom is 0.260 e. The Balaban J connectivity index is 1.34. The SMILES string of the molecule is CCn1cc(C(=O)Nc2nnc(C34CC5CC(CC(C5)C3)C4)s2)cn1. The van der Waals surface area contributed by atoms with Crippen LogP contribution >= 0.6 is 11.3 Å². The molecule has 2 aromatic rings. The highest BCUT2D eigenvalue weighted by Crippen LogP contribution is 2.61. The van der Waals surface area contributed by atoms with Crippen LogP contribution in [0.1, 0.15) is 60.8 Å². The molecule has 6 rings (SSSR count). The predicted molar refractivity (Wildman–Crippen MR) is 95.6 cm³/mol. The van der Waals surface area contributed by atoms with Crippen LogP contribution in [-0.2, 0) is 12.0 Å². The molecule has 132 valence electrons. The Morgan fingerprint density at radius 2 is 1.92 bits per heavy atom. The number of nitrogens with zero attached hydrogens (tertiary/aromatic N) is 4. The van der Waals surface area contributed by atoms with Gasteiger partial charge in [-0.1, -0.05) is 11.3 Å². The van der Waals surface area contributed by atoms with Crippen molar-refractivity contribution in [1.82, 2.24) is 20.0 Å². The molecule has 0 atom stereocenters. The van der Waals surface area contributed by atoms with Gasteiger partial charge in [-0.2, -0.15) is 5.10 Å². The first-order valence-electron chi connectivity index (χ1n) is 9.31. The Labute approximate surface area is 151 Å². The van der Waals surface area contributed by atoms with Crippen molar-refractivity contribution in [2.75, 3.05) is 5.32 Å². The summed E-state index contributed by atoms with van der Waals surface area (Å²) < 4.78 is 1.75. The minimum atomic E-state index is -0.159. The molecule has 2 aromatic heterocycles. The third-order valence-corrected chi connectivity index (χ3v) is 7.44. The van der Waals surface area contributed by atoms with E-state index >= 15 is 0 Å². The molecule has 0 saturated heterocycles. The lowest BCUT2D eigenvalue weighted by atomic mass is 9.50. The molecule has 0 spiro atoms. The summed E-state index contributed by atoms with van der Waals surface area (Å²) in [4.78, 5) is 12.4. The molecule has 4 bridgehead atoms. The minimum absolute atomic E-state index is 0.159. The lowest BCUT2D eigenvalue weighted by Gasteiger charge is -2.55. The second-order valence-corrected chi connectivity index (χ2v) is 9.13. The van der Waals surface area contributed by atoms with Crippen molar-refractivity contribution in [3.05, 3.63) is 23.0 Å². The van der Waals surface area contributed by atoms with Gasteiger partial charge in [-0.3, -0.25) is 14.8 Å². The monoisotopic (exact) mass is 357 g/mol. The molecule has 6 nitrogen and oxygen atoms in total. The molecule has 2 heterocycles. The summed E-state index contributed by atoms with van der Waals surface area (Å²) in [6.07, 6.45) is 11.4. The van der Waals surface area contributed by atoms with Gasteiger partial charge in [-0.15, -0.1) is 10.2 Å². The van der Waals surface area contributed by atoms with Crippen LogP contribution in [0.15, 0.2) is 12.4 Å². The Bertz CT molecular complexity index is 775. The summed E-state index contributed by atoms with van der Waals surface area (Å²) in [7, 11) is 0. The molecular formula is C18H23N5OS. The van der Waals surface area contributed by atoms with Crippen LogP contribution in [0.4, 0.5) is 5.13 Å². The fourth-order valence-electron chi connectivity index (χ4n) is 5.68. The molecule has 4 aliphatic carbocycles. The van der Waals surface area contributed by atoms with E-state index in [4.69, 9.17) is 0 Å². The third-order valence-electron chi connectivity index (χ3n) is 6.36. The van der Waals surface area contributed by atoms with Crippen LogP contribution < -0.4 is 5.32 Å². The maximum atomic E-state index is 12.4. The van der Waals surface area contributed by atoms with Crippen molar-refractivity contribution in [2.24, 2.45) is 17.8 Å². The van der Waals surface area contributed by atoms with E-state index in [9.17, 15) is 4.79 Å². The Morgan fingerprint density at radius 3 is 2.52 bits per heavy atom. The van der Waals surface area contributed by atoms with E-state index in [2.05, 4.69) is 20.6 Å². The number of carbonyl (C=O) groups excluding carboxylic acids is 1. The molecule has 1 N–H and O–H groups in total. The van der Waals surface area contributed by atoms with Gasteiger partial charge in [0.25, 0.3) is 5.91 Å². The first-order chi connectivity index (χ1) is 12.1. The van der Waals surface area contributed by atoms with Gasteiger partial charge < -0.3 is 0 Å². The highest BCUT2D eigenvalue weighted by molar-refractivity contribution is 7.15. The van der Waals surface area contributed by atoms with Gasteiger partial charge in [0.05, 0.1) is 11.8 Å². The molecule has 1 amide bonds. The van der Waals surface area contributed by atoms with Gasteiger partial charge in [0.15, 0.2) is 0 Å². The van der Waals surface area contributed by atoms with E-state index in [0.717, 1.165) is 29.3 Å². The summed E-state index contributed by atoms with van der Waals surface area (Å²) >= 11 is 1.58. The van der Waals surface area contributed by atoms with Crippen molar-refractivity contribution in [3.63, 3.8) is 0 Å². The van der Waals surface area contributed by atoms with E-state index in [1.807, 2.05) is 6.92 Å². The van der Waals surface area contributed by atoms with Crippen molar-refractivity contribution < 1.29 is 4.79 Å².